The minimum absolute atomic E-state index is 0.305. The van der Waals surface area contributed by atoms with E-state index >= 15 is 0 Å². The summed E-state index contributed by atoms with van der Waals surface area (Å²) in [5.41, 5.74) is 1.05. The van der Waals surface area contributed by atoms with Crippen molar-refractivity contribution in [1.29, 1.82) is 0 Å². The molecule has 1 N–H and O–H groups in total. The van der Waals surface area contributed by atoms with Crippen molar-refractivity contribution in [3.8, 4) is 0 Å². The van der Waals surface area contributed by atoms with Crippen molar-refractivity contribution in [2.75, 3.05) is 16.8 Å². The summed E-state index contributed by atoms with van der Waals surface area (Å²) in [6.07, 6.45) is 1.88. The predicted molar refractivity (Wildman–Crippen MR) is 66.1 cm³/mol. The number of aromatic nitrogens is 2. The number of hydrogen-bond acceptors (Lipinski definition) is 4. The Morgan fingerprint density at radius 1 is 1.56 bits per heavy atom. The molecule has 0 amide bonds. The molecule has 2 unspecified atom stereocenters. The molecular formula is C11H17N3OS. The molecule has 1 aromatic heterocycles. The van der Waals surface area contributed by atoms with Crippen molar-refractivity contribution in [3.05, 3.63) is 17.6 Å². The van der Waals surface area contributed by atoms with Crippen molar-refractivity contribution in [3.63, 3.8) is 0 Å². The first-order chi connectivity index (χ1) is 7.67. The Labute approximate surface area is 98.3 Å². The van der Waals surface area contributed by atoms with Crippen molar-refractivity contribution < 1.29 is 4.21 Å². The Morgan fingerprint density at radius 2 is 2.38 bits per heavy atom. The molecule has 5 heteroatoms. The fourth-order valence-electron chi connectivity index (χ4n) is 1.87. The smallest absolute Gasteiger partial charge is 0.130 e. The molecule has 0 radical (unpaired) electrons. The van der Waals surface area contributed by atoms with Crippen LogP contribution in [0.3, 0.4) is 0 Å². The van der Waals surface area contributed by atoms with Crippen LogP contribution in [0.25, 0.3) is 0 Å². The molecule has 4 nitrogen and oxygen atoms in total. The average Bonchev–Trinajstić information content (AvgIpc) is 2.63. The lowest BCUT2D eigenvalue weighted by molar-refractivity contribution is 0.686. The van der Waals surface area contributed by atoms with Gasteiger partial charge in [-0.05, 0) is 19.8 Å². The Kier molecular flexibility index (Phi) is 3.53. The number of aryl methyl sites for hydroxylation is 2. The number of nitrogens with one attached hydrogen (secondary N) is 1. The van der Waals surface area contributed by atoms with Gasteiger partial charge in [0.15, 0.2) is 0 Å². The minimum atomic E-state index is -0.645. The van der Waals surface area contributed by atoms with Crippen molar-refractivity contribution in [1.82, 2.24) is 9.97 Å². The van der Waals surface area contributed by atoms with Crippen LogP contribution in [-0.4, -0.2) is 31.7 Å². The zero-order chi connectivity index (χ0) is 11.5. The second-order valence-corrected chi connectivity index (χ2v) is 5.71. The average molecular weight is 239 g/mol. The maximum Gasteiger partial charge on any atom is 0.130 e. The molecule has 2 rings (SSSR count). The van der Waals surface area contributed by atoms with Crippen LogP contribution in [0.5, 0.6) is 0 Å². The Morgan fingerprint density at radius 3 is 3.00 bits per heavy atom. The summed E-state index contributed by atoms with van der Waals surface area (Å²) in [6.45, 7) is 3.98. The van der Waals surface area contributed by atoms with Crippen LogP contribution in [0.1, 0.15) is 24.9 Å². The zero-order valence-electron chi connectivity index (χ0n) is 9.69. The molecule has 0 spiro atoms. The van der Waals surface area contributed by atoms with E-state index in [-0.39, 0.29) is 0 Å². The molecule has 0 aromatic carbocycles. The van der Waals surface area contributed by atoms with Gasteiger partial charge in [-0.25, -0.2) is 9.97 Å². The van der Waals surface area contributed by atoms with Crippen LogP contribution in [0, 0.1) is 6.92 Å². The second-order valence-electron chi connectivity index (χ2n) is 4.09. The van der Waals surface area contributed by atoms with Gasteiger partial charge < -0.3 is 5.32 Å². The van der Waals surface area contributed by atoms with Crippen LogP contribution in [0.15, 0.2) is 6.07 Å². The molecule has 16 heavy (non-hydrogen) atoms. The van der Waals surface area contributed by atoms with Crippen LogP contribution in [-0.2, 0) is 17.2 Å². The molecular weight excluding hydrogens is 222 g/mol. The SMILES string of the molecule is CCc1cc(NC2CCS(=O)C2)nc(C)n1. The van der Waals surface area contributed by atoms with Gasteiger partial charge in [-0.3, -0.25) is 4.21 Å². The van der Waals surface area contributed by atoms with Gasteiger partial charge in [0.2, 0.25) is 0 Å². The summed E-state index contributed by atoms with van der Waals surface area (Å²) in [5.74, 6) is 3.21. The summed E-state index contributed by atoms with van der Waals surface area (Å²) >= 11 is 0. The molecule has 2 atom stereocenters. The Balaban J connectivity index is 2.08. The van der Waals surface area contributed by atoms with Gasteiger partial charge in [0.1, 0.15) is 11.6 Å². The maximum atomic E-state index is 11.3. The first-order valence-electron chi connectivity index (χ1n) is 5.63. The molecule has 1 aliphatic heterocycles. The van der Waals surface area contributed by atoms with Gasteiger partial charge in [0, 0.05) is 40.1 Å². The Bertz CT molecular complexity index is 408. The summed E-state index contributed by atoms with van der Waals surface area (Å²) in [4.78, 5) is 8.68. The number of rotatable bonds is 3. The molecule has 88 valence electrons. The number of anilines is 1. The first kappa shape index (κ1) is 11.5. The third kappa shape index (κ3) is 2.78. The lowest BCUT2D eigenvalue weighted by Gasteiger charge is -2.12. The third-order valence-electron chi connectivity index (χ3n) is 2.69. The van der Waals surface area contributed by atoms with E-state index in [4.69, 9.17) is 0 Å². The van der Waals surface area contributed by atoms with Crippen molar-refractivity contribution in [2.24, 2.45) is 0 Å². The van der Waals surface area contributed by atoms with Gasteiger partial charge in [0.05, 0.1) is 0 Å². The highest BCUT2D eigenvalue weighted by Gasteiger charge is 2.21. The molecule has 0 bridgehead atoms. The lowest BCUT2D eigenvalue weighted by atomic mass is 10.2. The fraction of sp³-hybridized carbons (Fsp3) is 0.636. The third-order valence-corrected chi connectivity index (χ3v) is 4.15. The van der Waals surface area contributed by atoms with E-state index < -0.39 is 10.8 Å². The topological polar surface area (TPSA) is 54.9 Å². The molecule has 1 aromatic rings. The quantitative estimate of drug-likeness (QED) is 0.863. The van der Waals surface area contributed by atoms with Crippen LogP contribution < -0.4 is 5.32 Å². The number of nitrogens with zero attached hydrogens (tertiary/aromatic N) is 2. The van der Waals surface area contributed by atoms with Gasteiger partial charge in [0.25, 0.3) is 0 Å². The van der Waals surface area contributed by atoms with E-state index in [0.29, 0.717) is 6.04 Å². The van der Waals surface area contributed by atoms with Gasteiger partial charge >= 0.3 is 0 Å². The summed E-state index contributed by atoms with van der Waals surface area (Å²) in [7, 11) is -0.645. The standard InChI is InChI=1S/C11H17N3OS/c1-3-9-6-11(13-8(2)12-9)14-10-4-5-16(15)7-10/h6,10H,3-5,7H2,1-2H3,(H,12,13,14). The zero-order valence-corrected chi connectivity index (χ0v) is 10.5. The van der Waals surface area contributed by atoms with Crippen LogP contribution in [0.2, 0.25) is 0 Å². The van der Waals surface area contributed by atoms with Crippen LogP contribution >= 0.6 is 0 Å². The number of hydrogen-bond donors (Lipinski definition) is 1. The van der Waals surface area contributed by atoms with E-state index in [1.54, 1.807) is 0 Å². The predicted octanol–water partition coefficient (Wildman–Crippen LogP) is 1.28. The molecule has 1 aliphatic rings. The van der Waals surface area contributed by atoms with Gasteiger partial charge in [-0.2, -0.15) is 0 Å². The van der Waals surface area contributed by atoms with E-state index in [2.05, 4.69) is 22.2 Å². The summed E-state index contributed by atoms with van der Waals surface area (Å²) in [5, 5.41) is 3.34. The van der Waals surface area contributed by atoms with Crippen LogP contribution in [0.4, 0.5) is 5.82 Å². The minimum Gasteiger partial charge on any atom is -0.366 e. The van der Waals surface area contributed by atoms with Crippen molar-refractivity contribution >= 4 is 16.6 Å². The molecule has 2 heterocycles. The fourth-order valence-corrected chi connectivity index (χ4v) is 3.29. The summed E-state index contributed by atoms with van der Waals surface area (Å²) < 4.78 is 11.3. The van der Waals surface area contributed by atoms with E-state index in [0.717, 1.165) is 41.7 Å². The largest absolute Gasteiger partial charge is 0.366 e. The second kappa shape index (κ2) is 4.91. The van der Waals surface area contributed by atoms with Gasteiger partial charge in [-0.15, -0.1) is 0 Å². The Hall–Kier alpha value is -0.970. The first-order valence-corrected chi connectivity index (χ1v) is 7.12. The molecule has 0 aliphatic carbocycles. The van der Waals surface area contributed by atoms with E-state index in [9.17, 15) is 4.21 Å². The van der Waals surface area contributed by atoms with E-state index in [1.807, 2.05) is 13.0 Å². The molecule has 0 saturated carbocycles. The monoisotopic (exact) mass is 239 g/mol. The van der Waals surface area contributed by atoms with Crippen molar-refractivity contribution in [2.45, 2.75) is 32.7 Å². The summed E-state index contributed by atoms with van der Waals surface area (Å²) in [6, 6.07) is 2.29. The highest BCUT2D eigenvalue weighted by molar-refractivity contribution is 7.85. The highest BCUT2D eigenvalue weighted by atomic mass is 32.2. The van der Waals surface area contributed by atoms with Gasteiger partial charge in [-0.1, -0.05) is 6.92 Å². The lowest BCUT2D eigenvalue weighted by Crippen LogP contribution is -2.20. The maximum absolute atomic E-state index is 11.3. The highest BCUT2D eigenvalue weighted by Crippen LogP contribution is 2.14. The normalized spacial score (nSPS) is 24.6. The molecule has 1 saturated heterocycles. The molecule has 1 fully saturated rings. The van der Waals surface area contributed by atoms with E-state index in [1.165, 1.54) is 0 Å².